The van der Waals surface area contributed by atoms with Crippen molar-refractivity contribution in [2.75, 3.05) is 20.7 Å². The maximum absolute atomic E-state index is 12.9. The summed E-state index contributed by atoms with van der Waals surface area (Å²) in [5.41, 5.74) is 1.04. The summed E-state index contributed by atoms with van der Waals surface area (Å²) in [5, 5.41) is 12.0. The fourth-order valence-corrected chi connectivity index (χ4v) is 3.09. The Hall–Kier alpha value is -2.57. The van der Waals surface area contributed by atoms with Crippen LogP contribution in [-0.4, -0.2) is 54.5 Å². The molecule has 0 radical (unpaired) electrons. The van der Waals surface area contributed by atoms with Gasteiger partial charge in [-0.25, -0.2) is 4.79 Å². The Morgan fingerprint density at radius 2 is 2.00 bits per heavy atom. The summed E-state index contributed by atoms with van der Waals surface area (Å²) in [4.78, 5) is 37.7. The first-order valence-corrected chi connectivity index (χ1v) is 7.79. The molecular weight excluding hydrogens is 312 g/mol. The molecule has 1 saturated heterocycles. The molecule has 2 amide bonds. The van der Waals surface area contributed by atoms with Crippen LogP contribution in [-0.2, 0) is 9.59 Å². The maximum Gasteiger partial charge on any atom is 0.326 e. The van der Waals surface area contributed by atoms with Crippen LogP contribution in [0.4, 0.5) is 0 Å². The van der Waals surface area contributed by atoms with Crippen molar-refractivity contribution in [3.05, 3.63) is 29.3 Å². The number of hydrogen-bond donors (Lipinski definition) is 2. The predicted octanol–water partition coefficient (Wildman–Crippen LogP) is 1.06. The first kappa shape index (κ1) is 17.8. The van der Waals surface area contributed by atoms with Gasteiger partial charge in [-0.05, 0) is 31.9 Å². The summed E-state index contributed by atoms with van der Waals surface area (Å²) in [7, 11) is 3.04. The molecule has 1 aliphatic rings. The standard InChI is InChI=1S/C17H22N2O5/c1-10-12(5-4-6-14(10)24-3)16(21)19-9-11(15(20)18-2)7-8-13(19)17(22)23/h4-6,11,13H,7-9H2,1-3H3,(H,18,20)(H,22,23)/t11-,13-/m0/s1. The average Bonchev–Trinajstić information content (AvgIpc) is 2.60. The van der Waals surface area contributed by atoms with E-state index in [0.717, 1.165) is 0 Å². The molecule has 0 bridgehead atoms. The predicted molar refractivity (Wildman–Crippen MR) is 87.0 cm³/mol. The molecule has 7 heteroatoms. The molecule has 1 aromatic rings. The number of carbonyl (C=O) groups is 3. The molecule has 0 spiro atoms. The lowest BCUT2D eigenvalue weighted by Gasteiger charge is -2.37. The smallest absolute Gasteiger partial charge is 0.326 e. The van der Waals surface area contributed by atoms with E-state index in [0.29, 0.717) is 23.3 Å². The van der Waals surface area contributed by atoms with Crippen LogP contribution < -0.4 is 10.1 Å². The van der Waals surface area contributed by atoms with E-state index in [1.54, 1.807) is 25.1 Å². The van der Waals surface area contributed by atoms with E-state index in [1.807, 2.05) is 0 Å². The quantitative estimate of drug-likeness (QED) is 0.858. The monoisotopic (exact) mass is 334 g/mol. The summed E-state index contributed by atoms with van der Waals surface area (Å²) in [6.45, 7) is 1.84. The van der Waals surface area contributed by atoms with Crippen LogP contribution in [0.15, 0.2) is 18.2 Å². The van der Waals surface area contributed by atoms with Gasteiger partial charge in [-0.15, -0.1) is 0 Å². The Kier molecular flexibility index (Phi) is 5.43. The van der Waals surface area contributed by atoms with Crippen molar-refractivity contribution < 1.29 is 24.2 Å². The van der Waals surface area contributed by atoms with Gasteiger partial charge in [0.15, 0.2) is 0 Å². The highest BCUT2D eigenvalue weighted by atomic mass is 16.5. The lowest BCUT2D eigenvalue weighted by atomic mass is 9.91. The Bertz CT molecular complexity index is 658. The lowest BCUT2D eigenvalue weighted by molar-refractivity contribution is -0.145. The molecule has 1 aromatic carbocycles. The third-order valence-electron chi connectivity index (χ3n) is 4.48. The first-order valence-electron chi connectivity index (χ1n) is 7.79. The second-order valence-corrected chi connectivity index (χ2v) is 5.83. The molecule has 2 atom stereocenters. The molecule has 0 unspecified atom stereocenters. The highest BCUT2D eigenvalue weighted by Gasteiger charge is 2.38. The molecular formula is C17H22N2O5. The van der Waals surface area contributed by atoms with Gasteiger partial charge >= 0.3 is 5.97 Å². The number of nitrogens with zero attached hydrogens (tertiary/aromatic N) is 1. The van der Waals surface area contributed by atoms with Crippen molar-refractivity contribution in [1.29, 1.82) is 0 Å². The first-order chi connectivity index (χ1) is 11.4. The van der Waals surface area contributed by atoms with Crippen LogP contribution in [0.2, 0.25) is 0 Å². The number of hydrogen-bond acceptors (Lipinski definition) is 4. The van der Waals surface area contributed by atoms with Crippen LogP contribution in [0.25, 0.3) is 0 Å². The largest absolute Gasteiger partial charge is 0.496 e. The van der Waals surface area contributed by atoms with Gasteiger partial charge in [-0.1, -0.05) is 6.07 Å². The number of amides is 2. The molecule has 0 aliphatic carbocycles. The highest BCUT2D eigenvalue weighted by Crippen LogP contribution is 2.27. The third kappa shape index (κ3) is 3.34. The fraction of sp³-hybridized carbons (Fsp3) is 0.471. The van der Waals surface area contributed by atoms with Crippen LogP contribution in [0.3, 0.4) is 0 Å². The van der Waals surface area contributed by atoms with Gasteiger partial charge in [0.2, 0.25) is 5.91 Å². The van der Waals surface area contributed by atoms with Crippen LogP contribution in [0.5, 0.6) is 5.75 Å². The molecule has 7 nitrogen and oxygen atoms in total. The van der Waals surface area contributed by atoms with Crippen molar-refractivity contribution in [2.24, 2.45) is 5.92 Å². The van der Waals surface area contributed by atoms with Gasteiger partial charge in [0, 0.05) is 24.7 Å². The minimum Gasteiger partial charge on any atom is -0.496 e. The van der Waals surface area contributed by atoms with E-state index >= 15 is 0 Å². The summed E-state index contributed by atoms with van der Waals surface area (Å²) >= 11 is 0. The van der Waals surface area contributed by atoms with E-state index in [-0.39, 0.29) is 18.9 Å². The minimum absolute atomic E-state index is 0.0894. The van der Waals surface area contributed by atoms with Crippen molar-refractivity contribution in [3.63, 3.8) is 0 Å². The number of rotatable bonds is 4. The number of carboxylic acid groups (broad SMARTS) is 1. The summed E-state index contributed by atoms with van der Waals surface area (Å²) in [6.07, 6.45) is 0.694. The van der Waals surface area contributed by atoms with Gasteiger partial charge in [0.25, 0.3) is 5.91 Å². The third-order valence-corrected chi connectivity index (χ3v) is 4.48. The summed E-state index contributed by atoms with van der Waals surface area (Å²) in [5.74, 6) is -1.47. The normalized spacial score (nSPS) is 20.4. The number of methoxy groups -OCH3 is 1. The minimum atomic E-state index is -1.06. The Labute approximate surface area is 140 Å². The van der Waals surface area contributed by atoms with Crippen molar-refractivity contribution in [1.82, 2.24) is 10.2 Å². The molecule has 0 saturated carbocycles. The lowest BCUT2D eigenvalue weighted by Crippen LogP contribution is -2.53. The van der Waals surface area contributed by atoms with E-state index in [1.165, 1.54) is 19.1 Å². The molecule has 0 aromatic heterocycles. The molecule has 1 heterocycles. The zero-order valence-corrected chi connectivity index (χ0v) is 14.0. The number of aliphatic carboxylic acids is 1. The number of piperidine rings is 1. The molecule has 130 valence electrons. The van der Waals surface area contributed by atoms with Crippen LogP contribution in [0, 0.1) is 12.8 Å². The Morgan fingerprint density at radius 3 is 2.58 bits per heavy atom. The van der Waals surface area contributed by atoms with Gasteiger partial charge in [0.05, 0.1) is 13.0 Å². The van der Waals surface area contributed by atoms with Crippen LogP contribution >= 0.6 is 0 Å². The number of nitrogens with one attached hydrogen (secondary N) is 1. The highest BCUT2D eigenvalue weighted by molar-refractivity contribution is 5.99. The molecule has 1 aliphatic heterocycles. The Morgan fingerprint density at radius 1 is 1.29 bits per heavy atom. The molecule has 1 fully saturated rings. The number of likely N-dealkylation sites (tertiary alicyclic amines) is 1. The van der Waals surface area contributed by atoms with Crippen molar-refractivity contribution in [3.8, 4) is 5.75 Å². The van der Waals surface area contributed by atoms with Crippen molar-refractivity contribution >= 4 is 17.8 Å². The van der Waals surface area contributed by atoms with Crippen LogP contribution in [0.1, 0.15) is 28.8 Å². The van der Waals surface area contributed by atoms with E-state index in [9.17, 15) is 19.5 Å². The summed E-state index contributed by atoms with van der Waals surface area (Å²) in [6, 6.07) is 4.14. The summed E-state index contributed by atoms with van der Waals surface area (Å²) < 4.78 is 5.22. The van der Waals surface area contributed by atoms with E-state index in [2.05, 4.69) is 5.32 Å². The number of benzene rings is 1. The molecule has 2 N–H and O–H groups in total. The van der Waals surface area contributed by atoms with E-state index < -0.39 is 23.8 Å². The zero-order chi connectivity index (χ0) is 17.9. The topological polar surface area (TPSA) is 95.9 Å². The number of carboxylic acids is 1. The fourth-order valence-electron chi connectivity index (χ4n) is 3.09. The SMILES string of the molecule is CNC(=O)[C@H]1CC[C@@H](C(=O)O)N(C(=O)c2cccc(OC)c2C)C1. The second-order valence-electron chi connectivity index (χ2n) is 5.83. The molecule has 2 rings (SSSR count). The maximum atomic E-state index is 12.9. The van der Waals surface area contributed by atoms with E-state index in [4.69, 9.17) is 4.74 Å². The van der Waals surface area contributed by atoms with Gasteiger partial charge < -0.3 is 20.1 Å². The second kappa shape index (κ2) is 7.33. The number of carbonyl (C=O) groups excluding carboxylic acids is 2. The average molecular weight is 334 g/mol. The zero-order valence-electron chi connectivity index (χ0n) is 14.0. The van der Waals surface area contributed by atoms with Gasteiger partial charge in [-0.3, -0.25) is 9.59 Å². The molecule has 24 heavy (non-hydrogen) atoms. The van der Waals surface area contributed by atoms with Gasteiger partial charge in [0.1, 0.15) is 11.8 Å². The van der Waals surface area contributed by atoms with Crippen molar-refractivity contribution in [2.45, 2.75) is 25.8 Å². The number of ether oxygens (including phenoxy) is 1. The van der Waals surface area contributed by atoms with Gasteiger partial charge in [-0.2, -0.15) is 0 Å². The Balaban J connectivity index is 2.35.